The lowest BCUT2D eigenvalue weighted by Crippen LogP contribution is -2.29. The van der Waals surface area contributed by atoms with Crippen molar-refractivity contribution >= 4 is 12.0 Å². The van der Waals surface area contributed by atoms with Crippen molar-refractivity contribution in [3.63, 3.8) is 0 Å². The highest BCUT2D eigenvalue weighted by Crippen LogP contribution is 2.02. The van der Waals surface area contributed by atoms with E-state index in [1.165, 1.54) is 0 Å². The summed E-state index contributed by atoms with van der Waals surface area (Å²) in [7, 11) is 0. The van der Waals surface area contributed by atoms with Gasteiger partial charge in [-0.05, 0) is 12.0 Å². The van der Waals surface area contributed by atoms with Gasteiger partial charge in [0.05, 0.1) is 0 Å². The molecule has 3 heteroatoms. The fourth-order valence-corrected chi connectivity index (χ4v) is 1.02. The van der Waals surface area contributed by atoms with E-state index >= 15 is 0 Å². The number of rotatable bonds is 4. The summed E-state index contributed by atoms with van der Waals surface area (Å²) in [6, 6.07) is 8.87. The molecule has 74 valence electrons. The Balaban J connectivity index is 2.46. The normalized spacial score (nSPS) is 12.9. The zero-order valence-corrected chi connectivity index (χ0v) is 7.76. The summed E-state index contributed by atoms with van der Waals surface area (Å²) in [6.07, 6.45) is 3.99. The van der Waals surface area contributed by atoms with Crippen molar-refractivity contribution < 1.29 is 9.90 Å². The lowest BCUT2D eigenvalue weighted by atomic mass is 10.1. The fourth-order valence-electron chi connectivity index (χ4n) is 1.02. The van der Waals surface area contributed by atoms with Gasteiger partial charge in [0.25, 0.3) is 0 Å². The van der Waals surface area contributed by atoms with Crippen molar-refractivity contribution in [3.8, 4) is 0 Å². The number of aliphatic carboxylic acids is 1. The van der Waals surface area contributed by atoms with Crippen LogP contribution in [0.2, 0.25) is 0 Å². The van der Waals surface area contributed by atoms with E-state index in [0.29, 0.717) is 6.42 Å². The first-order chi connectivity index (χ1) is 6.70. The summed E-state index contributed by atoms with van der Waals surface area (Å²) in [4.78, 5) is 10.4. The van der Waals surface area contributed by atoms with Crippen LogP contribution in [0.4, 0.5) is 0 Å². The Morgan fingerprint density at radius 3 is 2.64 bits per heavy atom. The van der Waals surface area contributed by atoms with Crippen molar-refractivity contribution in [2.45, 2.75) is 12.5 Å². The molecule has 3 N–H and O–H groups in total. The van der Waals surface area contributed by atoms with Crippen LogP contribution in [0.5, 0.6) is 0 Å². The van der Waals surface area contributed by atoms with Gasteiger partial charge < -0.3 is 10.8 Å². The Morgan fingerprint density at radius 1 is 1.43 bits per heavy atom. The summed E-state index contributed by atoms with van der Waals surface area (Å²) in [6.45, 7) is 0. The van der Waals surface area contributed by atoms with Crippen LogP contribution < -0.4 is 5.73 Å². The average Bonchev–Trinajstić information content (AvgIpc) is 2.19. The van der Waals surface area contributed by atoms with Crippen LogP contribution in [-0.4, -0.2) is 17.1 Å². The molecule has 0 amide bonds. The van der Waals surface area contributed by atoms with Crippen LogP contribution in [0.1, 0.15) is 12.0 Å². The lowest BCUT2D eigenvalue weighted by molar-refractivity contribution is -0.138. The molecule has 0 aliphatic carbocycles. The molecule has 0 aliphatic heterocycles. The van der Waals surface area contributed by atoms with E-state index in [1.807, 2.05) is 36.4 Å². The van der Waals surface area contributed by atoms with E-state index in [-0.39, 0.29) is 0 Å². The highest BCUT2D eigenvalue weighted by atomic mass is 16.4. The Bertz CT molecular complexity index is 319. The van der Waals surface area contributed by atoms with Crippen molar-refractivity contribution in [2.24, 2.45) is 5.73 Å². The topological polar surface area (TPSA) is 63.3 Å². The number of nitrogens with two attached hydrogens (primary N) is 1. The van der Waals surface area contributed by atoms with Crippen LogP contribution >= 0.6 is 0 Å². The molecule has 1 atom stereocenters. The van der Waals surface area contributed by atoms with E-state index in [9.17, 15) is 4.79 Å². The summed E-state index contributed by atoms with van der Waals surface area (Å²) in [5, 5.41) is 8.52. The quantitative estimate of drug-likeness (QED) is 0.758. The van der Waals surface area contributed by atoms with Gasteiger partial charge in [0.1, 0.15) is 6.04 Å². The van der Waals surface area contributed by atoms with Gasteiger partial charge in [0, 0.05) is 0 Å². The second kappa shape index (κ2) is 5.19. The van der Waals surface area contributed by atoms with Crippen LogP contribution in [0.15, 0.2) is 36.4 Å². The molecule has 0 aromatic heterocycles. The molecule has 1 rings (SSSR count). The number of hydrogen-bond donors (Lipinski definition) is 2. The highest BCUT2D eigenvalue weighted by Gasteiger charge is 2.07. The van der Waals surface area contributed by atoms with Crippen molar-refractivity contribution in [1.82, 2.24) is 0 Å². The zero-order valence-electron chi connectivity index (χ0n) is 7.76. The molecule has 0 heterocycles. The number of carbonyl (C=O) groups is 1. The van der Waals surface area contributed by atoms with E-state index in [4.69, 9.17) is 10.8 Å². The molecule has 0 aliphatic rings. The molecule has 0 fully saturated rings. The molecule has 0 spiro atoms. The predicted molar refractivity (Wildman–Crippen MR) is 55.7 cm³/mol. The maximum absolute atomic E-state index is 10.4. The zero-order chi connectivity index (χ0) is 10.4. The van der Waals surface area contributed by atoms with E-state index in [0.717, 1.165) is 5.56 Å². The Labute approximate surface area is 82.9 Å². The Kier molecular flexibility index (Phi) is 3.88. The Hall–Kier alpha value is -1.61. The SMILES string of the molecule is N[C@@H](C/C=C\c1ccccc1)C(=O)O. The van der Waals surface area contributed by atoms with Gasteiger partial charge in [0.2, 0.25) is 0 Å². The van der Waals surface area contributed by atoms with Crippen molar-refractivity contribution in [3.05, 3.63) is 42.0 Å². The number of hydrogen-bond acceptors (Lipinski definition) is 2. The fraction of sp³-hybridized carbons (Fsp3) is 0.182. The van der Waals surface area contributed by atoms with Gasteiger partial charge in [-0.1, -0.05) is 42.5 Å². The second-order valence-electron chi connectivity index (χ2n) is 2.99. The third-order valence-corrected chi connectivity index (χ3v) is 1.82. The largest absolute Gasteiger partial charge is 0.480 e. The summed E-state index contributed by atoms with van der Waals surface area (Å²) >= 11 is 0. The van der Waals surface area contributed by atoms with E-state index in [2.05, 4.69) is 0 Å². The van der Waals surface area contributed by atoms with Crippen LogP contribution in [0.25, 0.3) is 6.08 Å². The lowest BCUT2D eigenvalue weighted by Gasteiger charge is -2.00. The molecule has 1 aromatic carbocycles. The number of carboxylic acid groups (broad SMARTS) is 1. The summed E-state index contributed by atoms with van der Waals surface area (Å²) in [5.41, 5.74) is 6.38. The molecule has 3 nitrogen and oxygen atoms in total. The van der Waals surface area contributed by atoms with E-state index < -0.39 is 12.0 Å². The molecule has 14 heavy (non-hydrogen) atoms. The molecule has 0 radical (unpaired) electrons. The first kappa shape index (κ1) is 10.5. The minimum Gasteiger partial charge on any atom is -0.480 e. The maximum atomic E-state index is 10.4. The molecule has 0 saturated carbocycles. The maximum Gasteiger partial charge on any atom is 0.320 e. The minimum atomic E-state index is -0.970. The van der Waals surface area contributed by atoms with Gasteiger partial charge in [-0.3, -0.25) is 4.79 Å². The molecule has 1 aromatic rings. The molecular weight excluding hydrogens is 178 g/mol. The Morgan fingerprint density at radius 2 is 2.07 bits per heavy atom. The number of benzene rings is 1. The smallest absolute Gasteiger partial charge is 0.320 e. The number of carboxylic acids is 1. The van der Waals surface area contributed by atoms with Crippen LogP contribution in [0, 0.1) is 0 Å². The van der Waals surface area contributed by atoms with Gasteiger partial charge in [-0.15, -0.1) is 0 Å². The van der Waals surface area contributed by atoms with Gasteiger partial charge in [-0.25, -0.2) is 0 Å². The summed E-state index contributed by atoms with van der Waals surface area (Å²) in [5.74, 6) is -0.970. The minimum absolute atomic E-state index is 0.351. The standard InChI is InChI=1S/C11H13NO2/c12-10(11(13)14)8-4-7-9-5-2-1-3-6-9/h1-7,10H,8,12H2,(H,13,14)/b7-4-/t10-/m0/s1. The first-order valence-electron chi connectivity index (χ1n) is 4.40. The third-order valence-electron chi connectivity index (χ3n) is 1.82. The molecule has 0 saturated heterocycles. The monoisotopic (exact) mass is 191 g/mol. The third kappa shape index (κ3) is 3.41. The van der Waals surface area contributed by atoms with Crippen LogP contribution in [-0.2, 0) is 4.79 Å². The molecule has 0 bridgehead atoms. The highest BCUT2D eigenvalue weighted by molar-refractivity contribution is 5.73. The first-order valence-corrected chi connectivity index (χ1v) is 4.40. The average molecular weight is 191 g/mol. The summed E-state index contributed by atoms with van der Waals surface area (Å²) < 4.78 is 0. The second-order valence-corrected chi connectivity index (χ2v) is 2.99. The molecule has 0 unspecified atom stereocenters. The van der Waals surface area contributed by atoms with Crippen molar-refractivity contribution in [2.75, 3.05) is 0 Å². The predicted octanol–water partition coefficient (Wildman–Crippen LogP) is 1.50. The van der Waals surface area contributed by atoms with Crippen LogP contribution in [0.3, 0.4) is 0 Å². The van der Waals surface area contributed by atoms with Gasteiger partial charge in [0.15, 0.2) is 0 Å². The molecular formula is C11H13NO2. The van der Waals surface area contributed by atoms with E-state index in [1.54, 1.807) is 6.08 Å². The van der Waals surface area contributed by atoms with Gasteiger partial charge in [-0.2, -0.15) is 0 Å². The van der Waals surface area contributed by atoms with Gasteiger partial charge >= 0.3 is 5.97 Å². The van der Waals surface area contributed by atoms with Crippen molar-refractivity contribution in [1.29, 1.82) is 0 Å².